The van der Waals surface area contributed by atoms with Crippen molar-refractivity contribution in [1.29, 1.82) is 0 Å². The first-order chi connectivity index (χ1) is 7.58. The van der Waals surface area contributed by atoms with E-state index in [2.05, 4.69) is 0 Å². The van der Waals surface area contributed by atoms with E-state index in [0.717, 1.165) is 5.56 Å². The van der Waals surface area contributed by atoms with E-state index in [4.69, 9.17) is 10.2 Å². The quantitative estimate of drug-likeness (QED) is 0.618. The highest BCUT2D eigenvalue weighted by atomic mass is 16.3. The van der Waals surface area contributed by atoms with Gasteiger partial charge in [-0.05, 0) is 32.0 Å². The Kier molecular flexibility index (Phi) is 2.52. The lowest BCUT2D eigenvalue weighted by Gasteiger charge is -1.97. The van der Waals surface area contributed by atoms with Crippen LogP contribution in [0, 0.1) is 6.92 Å². The number of hydrogen-bond donors (Lipinski definition) is 1. The molecule has 0 bridgehead atoms. The number of nitrogen functional groups attached to an aromatic ring is 1. The van der Waals surface area contributed by atoms with Crippen LogP contribution in [0.25, 0.3) is 11.3 Å². The van der Waals surface area contributed by atoms with Gasteiger partial charge in [0.2, 0.25) is 0 Å². The molecule has 1 aromatic carbocycles. The first kappa shape index (κ1) is 10.5. The Morgan fingerprint density at radius 2 is 2.06 bits per heavy atom. The molecule has 82 valence electrons. The molecule has 0 radical (unpaired) electrons. The Hall–Kier alpha value is -2.03. The Labute approximate surface area is 93.9 Å². The number of furan rings is 1. The fourth-order valence-corrected chi connectivity index (χ4v) is 1.67. The van der Waals surface area contributed by atoms with Gasteiger partial charge in [-0.1, -0.05) is 12.1 Å². The predicted octanol–water partition coefficient (Wildman–Crippen LogP) is 3.04. The molecule has 2 rings (SSSR count). The summed E-state index contributed by atoms with van der Waals surface area (Å²) >= 11 is 0. The number of rotatable bonds is 2. The zero-order valence-corrected chi connectivity index (χ0v) is 9.28. The average Bonchev–Trinajstić information content (AvgIpc) is 2.60. The zero-order chi connectivity index (χ0) is 11.7. The number of hydrogen-bond acceptors (Lipinski definition) is 3. The van der Waals surface area contributed by atoms with E-state index in [1.807, 2.05) is 24.3 Å². The van der Waals surface area contributed by atoms with Crippen LogP contribution in [0.3, 0.4) is 0 Å². The second-order valence-electron chi connectivity index (χ2n) is 3.76. The largest absolute Gasteiger partial charge is 0.461 e. The van der Waals surface area contributed by atoms with E-state index in [9.17, 15) is 4.79 Å². The number of benzene rings is 1. The van der Waals surface area contributed by atoms with E-state index >= 15 is 0 Å². The van der Waals surface area contributed by atoms with Crippen molar-refractivity contribution >= 4 is 11.5 Å². The zero-order valence-electron chi connectivity index (χ0n) is 9.28. The summed E-state index contributed by atoms with van der Waals surface area (Å²) in [5.74, 6) is 1.33. The van der Waals surface area contributed by atoms with Crippen LogP contribution in [-0.4, -0.2) is 5.78 Å². The van der Waals surface area contributed by atoms with Crippen LogP contribution in [0.5, 0.6) is 0 Å². The molecular formula is C13H13NO2. The molecule has 2 aromatic rings. The summed E-state index contributed by atoms with van der Waals surface area (Å²) in [5, 5.41) is 0. The lowest BCUT2D eigenvalue weighted by molar-refractivity contribution is 0.101. The number of nitrogens with two attached hydrogens (primary N) is 1. The van der Waals surface area contributed by atoms with Gasteiger partial charge in [0.05, 0.1) is 5.56 Å². The minimum Gasteiger partial charge on any atom is -0.461 e. The molecule has 0 unspecified atom stereocenters. The van der Waals surface area contributed by atoms with Crippen LogP contribution in [0.4, 0.5) is 5.69 Å². The summed E-state index contributed by atoms with van der Waals surface area (Å²) in [6.07, 6.45) is 0. The molecule has 0 aliphatic heterocycles. The van der Waals surface area contributed by atoms with Gasteiger partial charge in [-0.2, -0.15) is 0 Å². The van der Waals surface area contributed by atoms with Gasteiger partial charge in [0, 0.05) is 11.3 Å². The third kappa shape index (κ3) is 1.84. The molecular weight excluding hydrogens is 202 g/mol. The molecule has 3 nitrogen and oxygen atoms in total. The molecule has 0 saturated heterocycles. The Morgan fingerprint density at radius 3 is 2.62 bits per heavy atom. The summed E-state index contributed by atoms with van der Waals surface area (Å²) in [5.41, 5.74) is 7.88. The Morgan fingerprint density at radius 1 is 1.31 bits per heavy atom. The minimum absolute atomic E-state index is 0.0106. The Bertz CT molecular complexity index is 541. The van der Waals surface area contributed by atoms with Gasteiger partial charge in [0.15, 0.2) is 5.78 Å². The first-order valence-electron chi connectivity index (χ1n) is 5.05. The predicted molar refractivity (Wildman–Crippen MR) is 63.3 cm³/mol. The highest BCUT2D eigenvalue weighted by Crippen LogP contribution is 2.26. The van der Waals surface area contributed by atoms with Gasteiger partial charge in [-0.25, -0.2) is 0 Å². The molecule has 3 heteroatoms. The summed E-state index contributed by atoms with van der Waals surface area (Å²) in [6, 6.07) is 9.15. The molecule has 0 spiro atoms. The number of carbonyl (C=O) groups excluding carboxylic acids is 1. The lowest BCUT2D eigenvalue weighted by Crippen LogP contribution is -1.90. The second kappa shape index (κ2) is 3.85. The van der Waals surface area contributed by atoms with Crippen molar-refractivity contribution in [3.05, 3.63) is 41.7 Å². The minimum atomic E-state index is 0.0106. The number of ketones is 1. The number of anilines is 1. The topological polar surface area (TPSA) is 56.2 Å². The van der Waals surface area contributed by atoms with Gasteiger partial charge in [0.25, 0.3) is 0 Å². The number of Topliss-reactive ketones (excluding diaryl/α,β-unsaturated/α-hetero) is 1. The molecule has 2 N–H and O–H groups in total. The van der Waals surface area contributed by atoms with Gasteiger partial charge in [-0.15, -0.1) is 0 Å². The van der Waals surface area contributed by atoms with Crippen molar-refractivity contribution in [2.24, 2.45) is 0 Å². The van der Waals surface area contributed by atoms with Crippen LogP contribution in [0.1, 0.15) is 23.0 Å². The maximum Gasteiger partial charge on any atom is 0.163 e. The fraction of sp³-hybridized carbons (Fsp3) is 0.154. The number of aryl methyl sites for hydroxylation is 1. The Balaban J connectivity index is 2.49. The molecule has 0 amide bonds. The third-order valence-corrected chi connectivity index (χ3v) is 2.47. The van der Waals surface area contributed by atoms with Crippen molar-refractivity contribution in [1.82, 2.24) is 0 Å². The van der Waals surface area contributed by atoms with Crippen molar-refractivity contribution in [3.8, 4) is 11.3 Å². The molecule has 1 heterocycles. The van der Waals surface area contributed by atoms with Crippen LogP contribution >= 0.6 is 0 Å². The first-order valence-corrected chi connectivity index (χ1v) is 5.05. The van der Waals surface area contributed by atoms with E-state index in [0.29, 0.717) is 22.8 Å². The van der Waals surface area contributed by atoms with Crippen molar-refractivity contribution in [3.63, 3.8) is 0 Å². The smallest absolute Gasteiger partial charge is 0.163 e. The molecule has 0 aliphatic carbocycles. The SMILES string of the molecule is CC(=O)c1cc(-c2cccc(N)c2)oc1C. The van der Waals surface area contributed by atoms with Crippen LogP contribution in [0.2, 0.25) is 0 Å². The van der Waals surface area contributed by atoms with Crippen molar-refractivity contribution in [2.45, 2.75) is 13.8 Å². The van der Waals surface area contributed by atoms with E-state index in [-0.39, 0.29) is 5.78 Å². The van der Waals surface area contributed by atoms with Crippen LogP contribution in [-0.2, 0) is 0 Å². The van der Waals surface area contributed by atoms with E-state index in [1.54, 1.807) is 13.0 Å². The highest BCUT2D eigenvalue weighted by molar-refractivity contribution is 5.96. The maximum atomic E-state index is 11.3. The lowest BCUT2D eigenvalue weighted by atomic mass is 10.1. The van der Waals surface area contributed by atoms with Crippen molar-refractivity contribution in [2.75, 3.05) is 5.73 Å². The van der Waals surface area contributed by atoms with E-state index < -0.39 is 0 Å². The maximum absolute atomic E-state index is 11.3. The molecule has 0 fully saturated rings. The average molecular weight is 215 g/mol. The molecule has 16 heavy (non-hydrogen) atoms. The van der Waals surface area contributed by atoms with Gasteiger partial charge >= 0.3 is 0 Å². The van der Waals surface area contributed by atoms with Crippen molar-refractivity contribution < 1.29 is 9.21 Å². The van der Waals surface area contributed by atoms with Crippen LogP contribution in [0.15, 0.2) is 34.7 Å². The standard InChI is InChI=1S/C13H13NO2/c1-8(15)12-7-13(16-9(12)2)10-4-3-5-11(14)6-10/h3-7H,14H2,1-2H3. The molecule has 1 aromatic heterocycles. The summed E-state index contributed by atoms with van der Waals surface area (Å²) in [7, 11) is 0. The summed E-state index contributed by atoms with van der Waals surface area (Å²) < 4.78 is 5.54. The fourth-order valence-electron chi connectivity index (χ4n) is 1.67. The van der Waals surface area contributed by atoms with Crippen LogP contribution < -0.4 is 5.73 Å². The molecule has 0 saturated carbocycles. The molecule has 0 atom stereocenters. The summed E-state index contributed by atoms with van der Waals surface area (Å²) in [4.78, 5) is 11.3. The van der Waals surface area contributed by atoms with Gasteiger partial charge in [-0.3, -0.25) is 4.79 Å². The van der Waals surface area contributed by atoms with Gasteiger partial charge < -0.3 is 10.2 Å². The molecule has 0 aliphatic rings. The highest BCUT2D eigenvalue weighted by Gasteiger charge is 2.12. The summed E-state index contributed by atoms with van der Waals surface area (Å²) in [6.45, 7) is 3.31. The third-order valence-electron chi connectivity index (χ3n) is 2.47. The van der Waals surface area contributed by atoms with Gasteiger partial charge in [0.1, 0.15) is 11.5 Å². The normalized spacial score (nSPS) is 10.4. The van der Waals surface area contributed by atoms with E-state index in [1.165, 1.54) is 6.92 Å². The second-order valence-corrected chi connectivity index (χ2v) is 3.76. The monoisotopic (exact) mass is 215 g/mol. The number of carbonyl (C=O) groups is 1.